The Hall–Kier alpha value is -2.57. The highest BCUT2D eigenvalue weighted by atomic mass is 16.2. The number of likely N-dealkylation sites (tertiary alicyclic amines) is 1. The van der Waals surface area contributed by atoms with E-state index < -0.39 is 6.04 Å². The minimum absolute atomic E-state index is 0.00945. The summed E-state index contributed by atoms with van der Waals surface area (Å²) in [4.78, 5) is 41.3. The maximum Gasteiger partial charge on any atom is 0.322 e. The van der Waals surface area contributed by atoms with Crippen molar-refractivity contribution >= 4 is 23.5 Å². The average molecular weight is 386 g/mol. The molecule has 0 aliphatic carbocycles. The van der Waals surface area contributed by atoms with Gasteiger partial charge in [-0.25, -0.2) is 4.79 Å². The van der Waals surface area contributed by atoms with Crippen molar-refractivity contribution in [2.75, 3.05) is 31.5 Å². The van der Waals surface area contributed by atoms with Crippen molar-refractivity contribution in [3.05, 3.63) is 30.3 Å². The first-order valence-corrected chi connectivity index (χ1v) is 10.3. The molecule has 0 saturated carbocycles. The molecule has 1 atom stereocenters. The number of para-hydroxylation sites is 1. The van der Waals surface area contributed by atoms with Gasteiger partial charge in [-0.3, -0.25) is 9.59 Å². The fourth-order valence-electron chi connectivity index (χ4n) is 3.86. The minimum Gasteiger partial charge on any atom is -0.356 e. The lowest BCUT2D eigenvalue weighted by Crippen LogP contribution is -2.49. The van der Waals surface area contributed by atoms with E-state index in [0.717, 1.165) is 37.8 Å². The molecule has 2 aliphatic heterocycles. The Bertz CT molecular complexity index is 679. The third-order valence-corrected chi connectivity index (χ3v) is 5.42. The van der Waals surface area contributed by atoms with Crippen LogP contribution in [0.2, 0.25) is 0 Å². The SMILES string of the molecule is O=C1CCN(C(=O)C2CCCN2C(=O)Nc2ccccc2)CCCCCCN1. The van der Waals surface area contributed by atoms with E-state index in [1.807, 2.05) is 30.3 Å². The molecular weight excluding hydrogens is 356 g/mol. The summed E-state index contributed by atoms with van der Waals surface area (Å²) in [5.74, 6) is -0.0439. The Balaban J connectivity index is 1.64. The van der Waals surface area contributed by atoms with Crippen LogP contribution < -0.4 is 10.6 Å². The van der Waals surface area contributed by atoms with Gasteiger partial charge < -0.3 is 20.4 Å². The Morgan fingerprint density at radius 3 is 2.57 bits per heavy atom. The molecule has 1 aromatic rings. The maximum absolute atomic E-state index is 13.2. The van der Waals surface area contributed by atoms with Crippen LogP contribution in [0.5, 0.6) is 0 Å². The lowest BCUT2D eigenvalue weighted by molar-refractivity contribution is -0.135. The molecule has 0 aromatic heterocycles. The number of amides is 4. The summed E-state index contributed by atoms with van der Waals surface area (Å²) in [6, 6.07) is 8.59. The number of rotatable bonds is 2. The topological polar surface area (TPSA) is 81.8 Å². The molecule has 28 heavy (non-hydrogen) atoms. The van der Waals surface area contributed by atoms with Crippen molar-refractivity contribution in [3.8, 4) is 0 Å². The molecule has 4 amide bonds. The van der Waals surface area contributed by atoms with Crippen LogP contribution in [0.3, 0.4) is 0 Å². The lowest BCUT2D eigenvalue weighted by atomic mass is 10.1. The van der Waals surface area contributed by atoms with Gasteiger partial charge in [0.1, 0.15) is 6.04 Å². The maximum atomic E-state index is 13.2. The monoisotopic (exact) mass is 386 g/mol. The van der Waals surface area contributed by atoms with E-state index in [-0.39, 0.29) is 17.8 Å². The van der Waals surface area contributed by atoms with Gasteiger partial charge in [-0.1, -0.05) is 31.0 Å². The molecule has 2 fully saturated rings. The third kappa shape index (κ3) is 5.47. The first kappa shape index (κ1) is 20.2. The molecule has 2 aliphatic rings. The van der Waals surface area contributed by atoms with E-state index in [9.17, 15) is 14.4 Å². The minimum atomic E-state index is -0.447. The molecule has 0 radical (unpaired) electrons. The van der Waals surface area contributed by atoms with Gasteiger partial charge in [-0.05, 0) is 37.8 Å². The summed E-state index contributed by atoms with van der Waals surface area (Å²) in [7, 11) is 0. The number of carbonyl (C=O) groups is 3. The van der Waals surface area contributed by atoms with E-state index >= 15 is 0 Å². The normalized spacial score (nSPS) is 21.6. The number of hydrogen-bond donors (Lipinski definition) is 2. The smallest absolute Gasteiger partial charge is 0.322 e. The van der Waals surface area contributed by atoms with Crippen LogP contribution in [0.25, 0.3) is 0 Å². The van der Waals surface area contributed by atoms with Crippen molar-refractivity contribution in [3.63, 3.8) is 0 Å². The molecule has 152 valence electrons. The summed E-state index contributed by atoms with van der Waals surface area (Å²) >= 11 is 0. The quantitative estimate of drug-likeness (QED) is 0.820. The molecule has 2 heterocycles. The van der Waals surface area contributed by atoms with E-state index in [4.69, 9.17) is 0 Å². The second-order valence-corrected chi connectivity index (χ2v) is 7.49. The molecular formula is C21H30N4O3. The summed E-state index contributed by atoms with van der Waals surface area (Å²) < 4.78 is 0. The summed E-state index contributed by atoms with van der Waals surface area (Å²) in [6.45, 7) is 2.35. The number of nitrogens with one attached hydrogen (secondary N) is 2. The van der Waals surface area contributed by atoms with E-state index in [1.54, 1.807) is 9.80 Å². The van der Waals surface area contributed by atoms with Crippen LogP contribution in [0.15, 0.2) is 30.3 Å². The van der Waals surface area contributed by atoms with Gasteiger partial charge in [-0.2, -0.15) is 0 Å². The van der Waals surface area contributed by atoms with Crippen LogP contribution in [-0.4, -0.2) is 59.9 Å². The van der Waals surface area contributed by atoms with Crippen molar-refractivity contribution in [1.29, 1.82) is 0 Å². The van der Waals surface area contributed by atoms with Crippen LogP contribution >= 0.6 is 0 Å². The van der Waals surface area contributed by atoms with E-state index in [2.05, 4.69) is 10.6 Å². The molecule has 7 heteroatoms. The van der Waals surface area contributed by atoms with Gasteiger partial charge >= 0.3 is 6.03 Å². The molecule has 1 aromatic carbocycles. The average Bonchev–Trinajstić information content (AvgIpc) is 3.18. The standard InChI is InChI=1S/C21H30N4O3/c26-19-12-16-24(14-7-2-1-6-13-22-19)20(27)18-11-8-15-25(18)21(28)23-17-9-4-3-5-10-17/h3-5,9-10,18H,1-2,6-8,11-16H2,(H,22,26)(H,23,28). The first-order chi connectivity index (χ1) is 13.6. The van der Waals surface area contributed by atoms with Gasteiger partial charge in [0.2, 0.25) is 11.8 Å². The zero-order chi connectivity index (χ0) is 19.8. The second-order valence-electron chi connectivity index (χ2n) is 7.49. The van der Waals surface area contributed by atoms with E-state index in [1.165, 1.54) is 0 Å². The van der Waals surface area contributed by atoms with Crippen molar-refractivity contribution in [2.24, 2.45) is 0 Å². The Morgan fingerprint density at radius 1 is 0.964 bits per heavy atom. The van der Waals surface area contributed by atoms with Crippen LogP contribution in [0.4, 0.5) is 10.5 Å². The predicted molar refractivity (Wildman–Crippen MR) is 108 cm³/mol. The molecule has 2 N–H and O–H groups in total. The second kappa shape index (κ2) is 10.1. The van der Waals surface area contributed by atoms with Gasteiger partial charge in [0.15, 0.2) is 0 Å². The molecule has 0 bridgehead atoms. The number of anilines is 1. The van der Waals surface area contributed by atoms with Gasteiger partial charge in [0.25, 0.3) is 0 Å². The molecule has 3 rings (SSSR count). The highest BCUT2D eigenvalue weighted by Gasteiger charge is 2.36. The Labute approximate surface area is 166 Å². The number of urea groups is 1. The van der Waals surface area contributed by atoms with Gasteiger partial charge in [0, 0.05) is 38.3 Å². The molecule has 7 nitrogen and oxygen atoms in total. The number of benzene rings is 1. The highest BCUT2D eigenvalue weighted by Crippen LogP contribution is 2.21. The largest absolute Gasteiger partial charge is 0.356 e. The zero-order valence-corrected chi connectivity index (χ0v) is 16.4. The fraction of sp³-hybridized carbons (Fsp3) is 0.571. The summed E-state index contributed by atoms with van der Waals surface area (Å²) in [6.07, 6.45) is 5.81. The highest BCUT2D eigenvalue weighted by molar-refractivity contribution is 5.94. The van der Waals surface area contributed by atoms with Crippen molar-refractivity contribution in [2.45, 2.75) is 51.0 Å². The van der Waals surface area contributed by atoms with Crippen LogP contribution in [0, 0.1) is 0 Å². The molecule has 2 saturated heterocycles. The Kier molecular flexibility index (Phi) is 7.28. The zero-order valence-electron chi connectivity index (χ0n) is 16.4. The fourth-order valence-corrected chi connectivity index (χ4v) is 3.86. The van der Waals surface area contributed by atoms with Crippen molar-refractivity contribution in [1.82, 2.24) is 15.1 Å². The first-order valence-electron chi connectivity index (χ1n) is 10.3. The lowest BCUT2D eigenvalue weighted by Gasteiger charge is -2.30. The van der Waals surface area contributed by atoms with Gasteiger partial charge in [0.05, 0.1) is 0 Å². The Morgan fingerprint density at radius 2 is 1.75 bits per heavy atom. The van der Waals surface area contributed by atoms with Crippen molar-refractivity contribution < 1.29 is 14.4 Å². The summed E-state index contributed by atoms with van der Waals surface area (Å²) in [5.41, 5.74) is 0.720. The number of carbonyl (C=O) groups excluding carboxylic acids is 3. The number of hydrogen-bond acceptors (Lipinski definition) is 3. The van der Waals surface area contributed by atoms with Crippen LogP contribution in [0.1, 0.15) is 44.9 Å². The van der Waals surface area contributed by atoms with Gasteiger partial charge in [-0.15, -0.1) is 0 Å². The predicted octanol–water partition coefficient (Wildman–Crippen LogP) is 2.59. The third-order valence-electron chi connectivity index (χ3n) is 5.42. The molecule has 0 spiro atoms. The molecule has 1 unspecified atom stereocenters. The summed E-state index contributed by atoms with van der Waals surface area (Å²) in [5, 5.41) is 5.79. The van der Waals surface area contributed by atoms with Crippen LogP contribution in [-0.2, 0) is 9.59 Å². The van der Waals surface area contributed by atoms with E-state index in [0.29, 0.717) is 39.0 Å². The number of nitrogens with zero attached hydrogens (tertiary/aromatic N) is 2.